The summed E-state index contributed by atoms with van der Waals surface area (Å²) >= 11 is 0. The fourth-order valence-electron chi connectivity index (χ4n) is 2.78. The Bertz CT molecular complexity index is 976. The highest BCUT2D eigenvalue weighted by Gasteiger charge is 2.16. The zero-order chi connectivity index (χ0) is 18.0. The Kier molecular flexibility index (Phi) is 4.52. The zero-order valence-corrected chi connectivity index (χ0v) is 14.4. The van der Waals surface area contributed by atoms with E-state index in [0.29, 0.717) is 5.56 Å². The van der Waals surface area contributed by atoms with Crippen molar-refractivity contribution in [1.82, 2.24) is 0 Å². The van der Waals surface area contributed by atoms with Crippen LogP contribution >= 0.6 is 0 Å². The van der Waals surface area contributed by atoms with E-state index >= 15 is 0 Å². The first kappa shape index (κ1) is 16.7. The van der Waals surface area contributed by atoms with Gasteiger partial charge in [0.1, 0.15) is 5.75 Å². The molecule has 0 heterocycles. The summed E-state index contributed by atoms with van der Waals surface area (Å²) in [6.07, 6.45) is 0. The van der Waals surface area contributed by atoms with Crippen molar-refractivity contribution < 1.29 is 14.3 Å². The van der Waals surface area contributed by atoms with Crippen LogP contribution in [0.2, 0.25) is 0 Å². The SMILES string of the molecule is CC(=O)Oc1cc2ccccc2cc1C(=O)Nc1ccc(C)cc1C. The van der Waals surface area contributed by atoms with Crippen LogP contribution in [0, 0.1) is 13.8 Å². The summed E-state index contributed by atoms with van der Waals surface area (Å²) < 4.78 is 5.26. The standard InChI is InChI=1S/C21H19NO3/c1-13-8-9-19(14(2)10-13)22-21(24)18-11-16-6-4-5-7-17(16)12-20(18)25-15(3)23/h4-12H,1-3H3,(H,22,24). The van der Waals surface area contributed by atoms with E-state index < -0.39 is 5.97 Å². The van der Waals surface area contributed by atoms with Gasteiger partial charge < -0.3 is 10.1 Å². The van der Waals surface area contributed by atoms with Crippen LogP contribution in [-0.4, -0.2) is 11.9 Å². The summed E-state index contributed by atoms with van der Waals surface area (Å²) in [7, 11) is 0. The number of amides is 1. The Hall–Kier alpha value is -3.14. The number of anilines is 1. The predicted octanol–water partition coefficient (Wildman–Crippen LogP) is 4.63. The largest absolute Gasteiger partial charge is 0.426 e. The molecule has 3 rings (SSSR count). The van der Waals surface area contributed by atoms with Crippen molar-refractivity contribution in [3.63, 3.8) is 0 Å². The molecule has 0 aliphatic heterocycles. The molecule has 1 N–H and O–H groups in total. The van der Waals surface area contributed by atoms with Gasteiger partial charge in [0.05, 0.1) is 5.56 Å². The van der Waals surface area contributed by atoms with Gasteiger partial charge in [-0.3, -0.25) is 9.59 Å². The van der Waals surface area contributed by atoms with Crippen LogP contribution in [0.5, 0.6) is 5.75 Å². The summed E-state index contributed by atoms with van der Waals surface area (Å²) in [6.45, 7) is 5.26. The van der Waals surface area contributed by atoms with Gasteiger partial charge in [-0.1, -0.05) is 42.0 Å². The van der Waals surface area contributed by atoms with Gasteiger partial charge in [-0.05, 0) is 48.4 Å². The quantitative estimate of drug-likeness (QED) is 0.561. The molecule has 126 valence electrons. The molecular formula is C21H19NO3. The minimum atomic E-state index is -0.462. The fourth-order valence-corrected chi connectivity index (χ4v) is 2.78. The van der Waals surface area contributed by atoms with Gasteiger partial charge in [0.2, 0.25) is 0 Å². The van der Waals surface area contributed by atoms with Crippen LogP contribution in [0.1, 0.15) is 28.4 Å². The van der Waals surface area contributed by atoms with E-state index in [1.54, 1.807) is 12.1 Å². The number of hydrogen-bond acceptors (Lipinski definition) is 3. The number of esters is 1. The number of nitrogens with one attached hydrogen (secondary N) is 1. The maximum atomic E-state index is 12.8. The van der Waals surface area contributed by atoms with Crippen LogP contribution in [0.4, 0.5) is 5.69 Å². The third-order valence-corrected chi connectivity index (χ3v) is 3.98. The Morgan fingerprint density at radius 3 is 2.24 bits per heavy atom. The minimum Gasteiger partial charge on any atom is -0.426 e. The number of carbonyl (C=O) groups is 2. The van der Waals surface area contributed by atoms with Gasteiger partial charge in [-0.2, -0.15) is 0 Å². The van der Waals surface area contributed by atoms with Gasteiger partial charge in [0.25, 0.3) is 5.91 Å². The van der Waals surface area contributed by atoms with E-state index in [0.717, 1.165) is 27.6 Å². The van der Waals surface area contributed by atoms with E-state index in [4.69, 9.17) is 4.74 Å². The Morgan fingerprint density at radius 2 is 1.60 bits per heavy atom. The number of carbonyl (C=O) groups excluding carboxylic acids is 2. The molecule has 0 fully saturated rings. The van der Waals surface area contributed by atoms with Crippen molar-refractivity contribution in [2.45, 2.75) is 20.8 Å². The Balaban J connectivity index is 2.02. The maximum absolute atomic E-state index is 12.8. The first-order chi connectivity index (χ1) is 11.9. The van der Waals surface area contributed by atoms with Crippen molar-refractivity contribution in [3.05, 3.63) is 71.3 Å². The highest BCUT2D eigenvalue weighted by atomic mass is 16.5. The van der Waals surface area contributed by atoms with E-state index in [2.05, 4.69) is 5.32 Å². The first-order valence-electron chi connectivity index (χ1n) is 8.04. The number of fused-ring (bicyclic) bond motifs is 1. The lowest BCUT2D eigenvalue weighted by atomic mass is 10.0. The molecule has 4 nitrogen and oxygen atoms in total. The molecule has 0 atom stereocenters. The average molecular weight is 333 g/mol. The molecule has 0 radical (unpaired) electrons. The van der Waals surface area contributed by atoms with Crippen molar-refractivity contribution in [2.75, 3.05) is 5.32 Å². The smallest absolute Gasteiger partial charge is 0.308 e. The monoisotopic (exact) mass is 333 g/mol. The van der Waals surface area contributed by atoms with Crippen LogP contribution in [0.25, 0.3) is 10.8 Å². The van der Waals surface area contributed by atoms with Crippen LogP contribution in [-0.2, 0) is 4.79 Å². The number of benzene rings is 3. The van der Waals surface area contributed by atoms with Gasteiger partial charge in [-0.25, -0.2) is 0 Å². The highest BCUT2D eigenvalue weighted by Crippen LogP contribution is 2.28. The molecule has 0 aromatic heterocycles. The van der Waals surface area contributed by atoms with Crippen LogP contribution < -0.4 is 10.1 Å². The Morgan fingerprint density at radius 1 is 0.920 bits per heavy atom. The van der Waals surface area contributed by atoms with Crippen molar-refractivity contribution in [3.8, 4) is 5.75 Å². The van der Waals surface area contributed by atoms with Gasteiger partial charge >= 0.3 is 5.97 Å². The Labute approximate surface area is 146 Å². The number of hydrogen-bond donors (Lipinski definition) is 1. The molecule has 0 aliphatic rings. The fraction of sp³-hybridized carbons (Fsp3) is 0.143. The van der Waals surface area contributed by atoms with Crippen molar-refractivity contribution in [2.24, 2.45) is 0 Å². The molecule has 0 spiro atoms. The average Bonchev–Trinajstić information content (AvgIpc) is 2.56. The molecule has 4 heteroatoms. The normalized spacial score (nSPS) is 10.5. The molecule has 0 aliphatic carbocycles. The molecule has 0 bridgehead atoms. The second kappa shape index (κ2) is 6.77. The van der Waals surface area contributed by atoms with Crippen molar-refractivity contribution >= 4 is 28.3 Å². The summed E-state index contributed by atoms with van der Waals surface area (Å²) in [6, 6.07) is 16.9. The molecule has 0 saturated heterocycles. The lowest BCUT2D eigenvalue weighted by Gasteiger charge is -2.13. The first-order valence-corrected chi connectivity index (χ1v) is 8.04. The zero-order valence-electron chi connectivity index (χ0n) is 14.4. The van der Waals surface area contributed by atoms with Crippen molar-refractivity contribution in [1.29, 1.82) is 0 Å². The molecule has 25 heavy (non-hydrogen) atoms. The molecule has 3 aromatic carbocycles. The molecular weight excluding hydrogens is 314 g/mol. The molecule has 1 amide bonds. The van der Waals surface area contributed by atoms with Crippen LogP contribution in [0.3, 0.4) is 0 Å². The second-order valence-corrected chi connectivity index (χ2v) is 6.06. The van der Waals surface area contributed by atoms with Crippen LogP contribution in [0.15, 0.2) is 54.6 Å². The molecule has 0 unspecified atom stereocenters. The highest BCUT2D eigenvalue weighted by molar-refractivity contribution is 6.09. The minimum absolute atomic E-state index is 0.258. The predicted molar refractivity (Wildman–Crippen MR) is 99.1 cm³/mol. The lowest BCUT2D eigenvalue weighted by molar-refractivity contribution is -0.131. The third kappa shape index (κ3) is 3.69. The van der Waals surface area contributed by atoms with Gasteiger partial charge in [0, 0.05) is 12.6 Å². The number of aryl methyl sites for hydroxylation is 2. The number of ether oxygens (including phenoxy) is 1. The topological polar surface area (TPSA) is 55.4 Å². The van der Waals surface area contributed by atoms with E-state index in [1.807, 2.05) is 56.3 Å². The summed E-state index contributed by atoms with van der Waals surface area (Å²) in [5.41, 5.74) is 3.16. The second-order valence-electron chi connectivity index (χ2n) is 6.06. The molecule has 3 aromatic rings. The number of rotatable bonds is 3. The van der Waals surface area contributed by atoms with Gasteiger partial charge in [-0.15, -0.1) is 0 Å². The summed E-state index contributed by atoms with van der Waals surface area (Å²) in [4.78, 5) is 24.2. The summed E-state index contributed by atoms with van der Waals surface area (Å²) in [5, 5.41) is 4.71. The molecule has 0 saturated carbocycles. The van der Waals surface area contributed by atoms with E-state index in [-0.39, 0.29) is 11.7 Å². The van der Waals surface area contributed by atoms with E-state index in [9.17, 15) is 9.59 Å². The van der Waals surface area contributed by atoms with Gasteiger partial charge in [0.15, 0.2) is 0 Å². The summed E-state index contributed by atoms with van der Waals surface area (Å²) in [5.74, 6) is -0.515. The van der Waals surface area contributed by atoms with E-state index in [1.165, 1.54) is 6.92 Å². The lowest BCUT2D eigenvalue weighted by Crippen LogP contribution is -2.15. The third-order valence-electron chi connectivity index (χ3n) is 3.98. The maximum Gasteiger partial charge on any atom is 0.308 e.